The Balaban J connectivity index is 1.20. The van der Waals surface area contributed by atoms with Crippen LogP contribution in [0.15, 0.2) is 53.7 Å². The molecule has 8 nitrogen and oxygen atoms in total. The molecular weight excluding hydrogens is 447 g/mol. The average molecular weight is 477 g/mol. The van der Waals surface area contributed by atoms with E-state index in [-0.39, 0.29) is 18.6 Å². The molecule has 0 radical (unpaired) electrons. The van der Waals surface area contributed by atoms with Crippen molar-refractivity contribution in [3.8, 4) is 5.75 Å². The first kappa shape index (κ1) is 23.6. The standard InChI is InChI=1S/C23H29FN4O4S/c24-21-3-1-2-4-22(21)33(30,31)26-17-23(29)28-13-7-18(8-14-28)27-15-9-20(10-16-27)32-19-5-11-25-12-6-19/h1-6,11-12,18,20,26H,7-10,13-17H2. The van der Waals surface area contributed by atoms with Gasteiger partial charge < -0.3 is 9.64 Å². The highest BCUT2D eigenvalue weighted by atomic mass is 32.2. The summed E-state index contributed by atoms with van der Waals surface area (Å²) in [5.41, 5.74) is 0. The molecule has 2 saturated heterocycles. The Labute approximate surface area is 193 Å². The number of sulfonamides is 1. The van der Waals surface area contributed by atoms with Gasteiger partial charge in [0, 0.05) is 44.6 Å². The summed E-state index contributed by atoms with van der Waals surface area (Å²) >= 11 is 0. The number of nitrogens with zero attached hydrogens (tertiary/aromatic N) is 3. The minimum atomic E-state index is -4.08. The zero-order valence-corrected chi connectivity index (χ0v) is 19.2. The Morgan fingerprint density at radius 3 is 2.36 bits per heavy atom. The van der Waals surface area contributed by atoms with Gasteiger partial charge in [-0.3, -0.25) is 14.7 Å². The maximum absolute atomic E-state index is 13.8. The lowest BCUT2D eigenvalue weighted by atomic mass is 9.99. The summed E-state index contributed by atoms with van der Waals surface area (Å²) in [6, 6.07) is 9.27. The molecule has 2 aliphatic rings. The fourth-order valence-corrected chi connectivity index (χ4v) is 5.51. The second kappa shape index (κ2) is 10.6. The van der Waals surface area contributed by atoms with Gasteiger partial charge in [0.1, 0.15) is 22.6 Å². The van der Waals surface area contributed by atoms with E-state index in [1.165, 1.54) is 18.2 Å². The molecule has 0 aliphatic carbocycles. The van der Waals surface area contributed by atoms with Crippen LogP contribution in [-0.2, 0) is 14.8 Å². The van der Waals surface area contributed by atoms with E-state index in [4.69, 9.17) is 4.74 Å². The Morgan fingerprint density at radius 1 is 1.03 bits per heavy atom. The lowest BCUT2D eigenvalue weighted by Crippen LogP contribution is -2.51. The Bertz CT molecular complexity index is 1040. The first-order valence-corrected chi connectivity index (χ1v) is 12.7. The zero-order chi connectivity index (χ0) is 23.3. The van der Waals surface area contributed by atoms with E-state index in [1.807, 2.05) is 12.1 Å². The predicted molar refractivity (Wildman–Crippen MR) is 121 cm³/mol. The third-order valence-electron chi connectivity index (χ3n) is 6.30. The molecule has 3 heterocycles. The smallest absolute Gasteiger partial charge is 0.243 e. The van der Waals surface area contributed by atoms with Crippen molar-refractivity contribution < 1.29 is 22.3 Å². The second-order valence-electron chi connectivity index (χ2n) is 8.40. The number of carbonyl (C=O) groups is 1. The van der Waals surface area contributed by atoms with Crippen LogP contribution < -0.4 is 9.46 Å². The molecule has 0 atom stereocenters. The summed E-state index contributed by atoms with van der Waals surface area (Å²) in [5, 5.41) is 0. The highest BCUT2D eigenvalue weighted by molar-refractivity contribution is 7.89. The zero-order valence-electron chi connectivity index (χ0n) is 18.4. The van der Waals surface area contributed by atoms with Gasteiger partial charge in [0.2, 0.25) is 15.9 Å². The number of carbonyl (C=O) groups excluding carboxylic acids is 1. The van der Waals surface area contributed by atoms with Crippen molar-refractivity contribution in [2.45, 2.75) is 42.7 Å². The summed E-state index contributed by atoms with van der Waals surface area (Å²) in [4.78, 5) is 20.2. The summed E-state index contributed by atoms with van der Waals surface area (Å²) in [6.45, 7) is 2.70. The van der Waals surface area contributed by atoms with Crippen LogP contribution >= 0.6 is 0 Å². The topological polar surface area (TPSA) is 91.8 Å². The molecule has 33 heavy (non-hydrogen) atoms. The van der Waals surface area contributed by atoms with E-state index in [2.05, 4.69) is 14.6 Å². The highest BCUT2D eigenvalue weighted by Crippen LogP contribution is 2.24. The normalized spacial score (nSPS) is 18.9. The number of amides is 1. The molecule has 4 rings (SSSR count). The van der Waals surface area contributed by atoms with Crippen LogP contribution in [0.2, 0.25) is 0 Å². The third-order valence-corrected chi connectivity index (χ3v) is 7.74. The molecular formula is C23H29FN4O4S. The van der Waals surface area contributed by atoms with Gasteiger partial charge in [0.05, 0.1) is 6.54 Å². The van der Waals surface area contributed by atoms with Crippen LogP contribution in [0.3, 0.4) is 0 Å². The number of hydrogen-bond acceptors (Lipinski definition) is 6. The lowest BCUT2D eigenvalue weighted by Gasteiger charge is -2.41. The third kappa shape index (κ3) is 6.07. The van der Waals surface area contributed by atoms with Crippen LogP contribution in [0, 0.1) is 5.82 Å². The van der Waals surface area contributed by atoms with Crippen LogP contribution in [-0.4, -0.2) is 74.0 Å². The number of nitrogens with one attached hydrogen (secondary N) is 1. The quantitative estimate of drug-likeness (QED) is 0.658. The van der Waals surface area contributed by atoms with Gasteiger partial charge in [0.15, 0.2) is 0 Å². The molecule has 1 N–H and O–H groups in total. The molecule has 2 aliphatic heterocycles. The Morgan fingerprint density at radius 2 is 1.70 bits per heavy atom. The van der Waals surface area contributed by atoms with Crippen molar-refractivity contribution >= 4 is 15.9 Å². The van der Waals surface area contributed by atoms with Gasteiger partial charge in [-0.2, -0.15) is 0 Å². The molecule has 0 bridgehead atoms. The summed E-state index contributed by atoms with van der Waals surface area (Å²) in [5.74, 6) is -0.285. The van der Waals surface area contributed by atoms with Gasteiger partial charge in [-0.1, -0.05) is 12.1 Å². The number of ether oxygens (including phenoxy) is 1. The highest BCUT2D eigenvalue weighted by Gasteiger charge is 2.30. The molecule has 0 unspecified atom stereocenters. The molecule has 178 valence electrons. The Hall–Kier alpha value is -2.56. The fraction of sp³-hybridized carbons (Fsp3) is 0.478. The molecule has 0 spiro atoms. The maximum Gasteiger partial charge on any atom is 0.243 e. The largest absolute Gasteiger partial charge is 0.490 e. The number of halogens is 1. The van der Waals surface area contributed by atoms with Crippen molar-refractivity contribution in [1.29, 1.82) is 0 Å². The van der Waals surface area contributed by atoms with E-state index >= 15 is 0 Å². The van der Waals surface area contributed by atoms with E-state index in [0.29, 0.717) is 19.1 Å². The molecule has 2 aromatic rings. The number of pyridine rings is 1. The molecule has 1 amide bonds. The van der Waals surface area contributed by atoms with Crippen molar-refractivity contribution in [2.75, 3.05) is 32.7 Å². The van der Waals surface area contributed by atoms with E-state index < -0.39 is 20.7 Å². The van der Waals surface area contributed by atoms with Crippen molar-refractivity contribution in [3.63, 3.8) is 0 Å². The number of likely N-dealkylation sites (tertiary alicyclic amines) is 2. The Kier molecular flexibility index (Phi) is 7.56. The van der Waals surface area contributed by atoms with E-state index in [9.17, 15) is 17.6 Å². The van der Waals surface area contributed by atoms with Crippen molar-refractivity contribution in [2.24, 2.45) is 0 Å². The monoisotopic (exact) mass is 476 g/mol. The molecule has 1 aromatic heterocycles. The first-order valence-electron chi connectivity index (χ1n) is 11.2. The van der Waals surface area contributed by atoms with Crippen LogP contribution in [0.1, 0.15) is 25.7 Å². The fourth-order valence-electron chi connectivity index (χ4n) is 4.46. The number of rotatable bonds is 7. The second-order valence-corrected chi connectivity index (χ2v) is 10.1. The maximum atomic E-state index is 13.8. The summed E-state index contributed by atoms with van der Waals surface area (Å²) in [6.07, 6.45) is 7.27. The van der Waals surface area contributed by atoms with Crippen molar-refractivity contribution in [3.05, 3.63) is 54.6 Å². The average Bonchev–Trinajstić information content (AvgIpc) is 2.84. The van der Waals surface area contributed by atoms with Crippen LogP contribution in [0.5, 0.6) is 5.75 Å². The minimum Gasteiger partial charge on any atom is -0.490 e. The number of piperidine rings is 2. The molecule has 0 saturated carbocycles. The van der Waals surface area contributed by atoms with Gasteiger partial charge in [-0.05, 0) is 49.9 Å². The van der Waals surface area contributed by atoms with Crippen LogP contribution in [0.25, 0.3) is 0 Å². The van der Waals surface area contributed by atoms with Gasteiger partial charge in [-0.25, -0.2) is 17.5 Å². The minimum absolute atomic E-state index is 0.202. The molecule has 10 heteroatoms. The summed E-state index contributed by atoms with van der Waals surface area (Å²) < 4.78 is 46.6. The van der Waals surface area contributed by atoms with Crippen LogP contribution in [0.4, 0.5) is 4.39 Å². The van der Waals surface area contributed by atoms with Crippen molar-refractivity contribution in [1.82, 2.24) is 19.5 Å². The SMILES string of the molecule is O=C(CNS(=O)(=O)c1ccccc1F)N1CCC(N2CCC(Oc3ccncc3)CC2)CC1. The number of hydrogen-bond donors (Lipinski definition) is 1. The van der Waals surface area contributed by atoms with Gasteiger partial charge in [0.25, 0.3) is 0 Å². The van der Waals surface area contributed by atoms with Gasteiger partial charge >= 0.3 is 0 Å². The number of benzene rings is 1. The first-order chi connectivity index (χ1) is 15.9. The van der Waals surface area contributed by atoms with Gasteiger partial charge in [-0.15, -0.1) is 0 Å². The summed E-state index contributed by atoms with van der Waals surface area (Å²) in [7, 11) is -4.08. The van der Waals surface area contributed by atoms with E-state index in [0.717, 1.165) is 50.6 Å². The molecule has 1 aromatic carbocycles. The lowest BCUT2D eigenvalue weighted by molar-refractivity contribution is -0.131. The predicted octanol–water partition coefficient (Wildman–Crippen LogP) is 2.03. The molecule has 2 fully saturated rings. The number of aromatic nitrogens is 1. The van der Waals surface area contributed by atoms with E-state index in [1.54, 1.807) is 17.3 Å².